The highest BCUT2D eigenvalue weighted by Crippen LogP contribution is 2.22. The number of rotatable bonds is 6. The standard InChI is InChI=1S/C16H19N3O2S/c1-10(12-6-4-3-5-7-12)18-11(2)15(21)19-16-13(14(17)20)8-9-22-16/h3-11,18H,1-2H3,(H2,17,20)(H,19,21)/p+1/t10-,11+/m1/s1. The highest BCUT2D eigenvalue weighted by atomic mass is 32.1. The average molecular weight is 318 g/mol. The molecule has 2 atom stereocenters. The number of nitrogens with two attached hydrogens (primary N) is 2. The first-order chi connectivity index (χ1) is 10.5. The predicted octanol–water partition coefficient (Wildman–Crippen LogP) is 1.50. The van der Waals surface area contributed by atoms with E-state index >= 15 is 0 Å². The second kappa shape index (κ2) is 7.20. The smallest absolute Gasteiger partial charge is 0.282 e. The van der Waals surface area contributed by atoms with Gasteiger partial charge in [0.15, 0.2) is 6.04 Å². The van der Waals surface area contributed by atoms with E-state index in [-0.39, 0.29) is 18.0 Å². The molecule has 0 spiro atoms. The molecule has 2 rings (SSSR count). The third-order valence-corrected chi connectivity index (χ3v) is 4.31. The third-order valence-electron chi connectivity index (χ3n) is 3.48. The molecule has 0 saturated heterocycles. The fourth-order valence-electron chi connectivity index (χ4n) is 2.21. The molecule has 116 valence electrons. The van der Waals surface area contributed by atoms with Crippen molar-refractivity contribution in [3.8, 4) is 0 Å². The Morgan fingerprint density at radius 3 is 2.50 bits per heavy atom. The highest BCUT2D eigenvalue weighted by molar-refractivity contribution is 7.14. The van der Waals surface area contributed by atoms with E-state index in [2.05, 4.69) is 12.2 Å². The normalized spacial score (nSPS) is 13.4. The lowest BCUT2D eigenvalue weighted by molar-refractivity contribution is -0.709. The van der Waals surface area contributed by atoms with Gasteiger partial charge in [-0.2, -0.15) is 0 Å². The van der Waals surface area contributed by atoms with Crippen molar-refractivity contribution < 1.29 is 14.9 Å². The summed E-state index contributed by atoms with van der Waals surface area (Å²) in [6, 6.07) is 11.5. The molecule has 1 aromatic heterocycles. The fraction of sp³-hybridized carbons (Fsp3) is 0.250. The number of nitrogens with one attached hydrogen (secondary N) is 1. The quantitative estimate of drug-likeness (QED) is 0.753. The molecule has 0 saturated carbocycles. The highest BCUT2D eigenvalue weighted by Gasteiger charge is 2.22. The van der Waals surface area contributed by atoms with E-state index in [1.54, 1.807) is 11.4 Å². The predicted molar refractivity (Wildman–Crippen MR) is 87.7 cm³/mol. The van der Waals surface area contributed by atoms with E-state index in [1.807, 2.05) is 42.6 Å². The number of benzene rings is 1. The maximum Gasteiger partial charge on any atom is 0.282 e. The molecule has 0 radical (unpaired) electrons. The number of anilines is 1. The molecular weight excluding hydrogens is 298 g/mol. The summed E-state index contributed by atoms with van der Waals surface area (Å²) in [6.45, 7) is 3.89. The minimum Gasteiger partial charge on any atom is -0.366 e. The van der Waals surface area contributed by atoms with Crippen LogP contribution in [0.15, 0.2) is 41.8 Å². The van der Waals surface area contributed by atoms with Gasteiger partial charge in [0.2, 0.25) is 0 Å². The molecule has 0 unspecified atom stereocenters. The van der Waals surface area contributed by atoms with Crippen LogP contribution in [0.3, 0.4) is 0 Å². The van der Waals surface area contributed by atoms with Crippen LogP contribution in [0.25, 0.3) is 0 Å². The maximum absolute atomic E-state index is 12.3. The van der Waals surface area contributed by atoms with Crippen LogP contribution >= 0.6 is 11.3 Å². The molecule has 22 heavy (non-hydrogen) atoms. The Morgan fingerprint density at radius 1 is 1.18 bits per heavy atom. The molecule has 0 aliphatic heterocycles. The lowest BCUT2D eigenvalue weighted by Crippen LogP contribution is -2.91. The van der Waals surface area contributed by atoms with Crippen LogP contribution in [0.1, 0.15) is 35.8 Å². The Morgan fingerprint density at radius 2 is 1.86 bits per heavy atom. The van der Waals surface area contributed by atoms with Crippen molar-refractivity contribution in [3.63, 3.8) is 0 Å². The van der Waals surface area contributed by atoms with Gasteiger partial charge in [0, 0.05) is 5.56 Å². The molecular formula is C16H20N3O2S+. The number of carbonyl (C=O) groups is 2. The van der Waals surface area contributed by atoms with Crippen LogP contribution in [0, 0.1) is 0 Å². The van der Waals surface area contributed by atoms with Gasteiger partial charge in [0.05, 0.1) is 5.56 Å². The van der Waals surface area contributed by atoms with Gasteiger partial charge in [-0.15, -0.1) is 11.3 Å². The summed E-state index contributed by atoms with van der Waals surface area (Å²) in [5, 5.41) is 7.00. The van der Waals surface area contributed by atoms with Crippen LogP contribution in [0.5, 0.6) is 0 Å². The Balaban J connectivity index is 1.97. The number of primary amides is 1. The van der Waals surface area contributed by atoms with Gasteiger partial charge in [-0.1, -0.05) is 30.3 Å². The summed E-state index contributed by atoms with van der Waals surface area (Å²) in [4.78, 5) is 23.5. The van der Waals surface area contributed by atoms with Crippen molar-refractivity contribution >= 4 is 28.2 Å². The van der Waals surface area contributed by atoms with E-state index < -0.39 is 5.91 Å². The average Bonchev–Trinajstić information content (AvgIpc) is 2.96. The summed E-state index contributed by atoms with van der Waals surface area (Å²) in [7, 11) is 0. The van der Waals surface area contributed by atoms with Crippen molar-refractivity contribution in [2.24, 2.45) is 5.73 Å². The van der Waals surface area contributed by atoms with Gasteiger partial charge >= 0.3 is 0 Å². The van der Waals surface area contributed by atoms with Gasteiger partial charge in [0.1, 0.15) is 11.0 Å². The summed E-state index contributed by atoms with van der Waals surface area (Å²) in [5.41, 5.74) is 6.79. The van der Waals surface area contributed by atoms with Crippen molar-refractivity contribution in [3.05, 3.63) is 52.9 Å². The van der Waals surface area contributed by atoms with E-state index in [4.69, 9.17) is 5.73 Å². The van der Waals surface area contributed by atoms with Gasteiger partial charge in [-0.3, -0.25) is 9.59 Å². The van der Waals surface area contributed by atoms with Crippen molar-refractivity contribution in [1.82, 2.24) is 0 Å². The monoisotopic (exact) mass is 318 g/mol. The first kappa shape index (κ1) is 16.2. The first-order valence-corrected chi connectivity index (χ1v) is 7.95. The Hall–Kier alpha value is -2.18. The topological polar surface area (TPSA) is 88.8 Å². The van der Waals surface area contributed by atoms with Crippen molar-refractivity contribution in [2.45, 2.75) is 25.9 Å². The summed E-state index contributed by atoms with van der Waals surface area (Å²) in [5.74, 6) is -0.682. The Bertz CT molecular complexity index is 654. The molecule has 0 aliphatic carbocycles. The van der Waals surface area contributed by atoms with Gasteiger partial charge < -0.3 is 16.4 Å². The second-order valence-corrected chi connectivity index (χ2v) is 6.11. The van der Waals surface area contributed by atoms with Gasteiger partial charge in [-0.05, 0) is 25.3 Å². The van der Waals surface area contributed by atoms with Gasteiger partial charge in [0.25, 0.3) is 11.8 Å². The van der Waals surface area contributed by atoms with Gasteiger partial charge in [-0.25, -0.2) is 0 Å². The number of thiophene rings is 1. The fourth-order valence-corrected chi connectivity index (χ4v) is 3.01. The third kappa shape index (κ3) is 3.93. The van der Waals surface area contributed by atoms with E-state index in [9.17, 15) is 9.59 Å². The summed E-state index contributed by atoms with van der Waals surface area (Å²) >= 11 is 1.29. The number of amides is 2. The molecule has 1 aromatic carbocycles. The first-order valence-electron chi connectivity index (χ1n) is 7.07. The maximum atomic E-state index is 12.3. The minimum atomic E-state index is -0.536. The minimum absolute atomic E-state index is 0.146. The molecule has 6 heteroatoms. The number of hydrogen-bond donors (Lipinski definition) is 3. The zero-order chi connectivity index (χ0) is 16.1. The molecule has 5 nitrogen and oxygen atoms in total. The summed E-state index contributed by atoms with van der Waals surface area (Å²) in [6.07, 6.45) is 0. The lowest BCUT2D eigenvalue weighted by atomic mass is 10.1. The largest absolute Gasteiger partial charge is 0.366 e. The molecule has 0 fully saturated rings. The number of quaternary nitrogens is 1. The molecule has 5 N–H and O–H groups in total. The van der Waals surface area contributed by atoms with E-state index in [1.165, 1.54) is 11.3 Å². The van der Waals surface area contributed by atoms with Crippen LogP contribution in [0.4, 0.5) is 5.00 Å². The molecule has 0 bridgehead atoms. The van der Waals surface area contributed by atoms with Crippen LogP contribution in [-0.4, -0.2) is 17.9 Å². The number of carbonyl (C=O) groups excluding carboxylic acids is 2. The molecule has 2 aromatic rings. The van der Waals surface area contributed by atoms with E-state index in [0.29, 0.717) is 10.6 Å². The van der Waals surface area contributed by atoms with Crippen LogP contribution < -0.4 is 16.4 Å². The Labute approximate surface area is 133 Å². The zero-order valence-corrected chi connectivity index (χ0v) is 13.4. The molecule has 1 heterocycles. The van der Waals surface area contributed by atoms with Crippen LogP contribution in [-0.2, 0) is 4.79 Å². The Kier molecular flexibility index (Phi) is 5.30. The zero-order valence-electron chi connectivity index (χ0n) is 12.6. The molecule has 2 amide bonds. The SMILES string of the molecule is C[C@H]([NH2+][C@H](C)c1ccccc1)C(=O)Nc1sccc1C(N)=O. The van der Waals surface area contributed by atoms with Crippen LogP contribution in [0.2, 0.25) is 0 Å². The summed E-state index contributed by atoms with van der Waals surface area (Å²) < 4.78 is 0. The van der Waals surface area contributed by atoms with Crippen molar-refractivity contribution in [1.29, 1.82) is 0 Å². The lowest BCUT2D eigenvalue weighted by Gasteiger charge is -2.16. The van der Waals surface area contributed by atoms with E-state index in [0.717, 1.165) is 5.56 Å². The second-order valence-electron chi connectivity index (χ2n) is 5.20. The molecule has 0 aliphatic rings. The van der Waals surface area contributed by atoms with Crippen molar-refractivity contribution in [2.75, 3.05) is 5.32 Å². The number of hydrogen-bond acceptors (Lipinski definition) is 3.